The monoisotopic (exact) mass is 394 g/mol. The molecule has 0 aliphatic carbocycles. The number of aryl methyl sites for hydroxylation is 1. The second-order valence-electron chi connectivity index (χ2n) is 6.93. The normalized spacial score (nSPS) is 10.8. The molecular weight excluding hydrogens is 372 g/mol. The molecule has 0 saturated heterocycles. The second-order valence-corrected chi connectivity index (χ2v) is 7.37. The summed E-state index contributed by atoms with van der Waals surface area (Å²) < 4.78 is 0. The zero-order valence-corrected chi connectivity index (χ0v) is 16.9. The van der Waals surface area contributed by atoms with Crippen LogP contribution in [0.4, 0.5) is 11.6 Å². The lowest BCUT2D eigenvalue weighted by Crippen LogP contribution is -2.16. The minimum atomic E-state index is -0.266. The van der Waals surface area contributed by atoms with Crippen molar-refractivity contribution in [2.24, 2.45) is 0 Å². The summed E-state index contributed by atoms with van der Waals surface area (Å²) in [5.74, 6) is 0.594. The number of nitrogens with zero attached hydrogens (tertiary/aromatic N) is 2. The Labute approximate surface area is 170 Å². The molecule has 144 valence electrons. The van der Waals surface area contributed by atoms with Gasteiger partial charge in [-0.05, 0) is 54.3 Å². The van der Waals surface area contributed by atoms with Crippen LogP contribution in [0.2, 0.25) is 5.02 Å². The fourth-order valence-electron chi connectivity index (χ4n) is 2.69. The van der Waals surface area contributed by atoms with Gasteiger partial charge in [-0.2, -0.15) is 0 Å². The molecule has 0 bridgehead atoms. The van der Waals surface area contributed by atoms with Gasteiger partial charge in [-0.15, -0.1) is 0 Å². The summed E-state index contributed by atoms with van der Waals surface area (Å²) in [6.07, 6.45) is 0. The standard InChI is InChI=1S/C22H23ClN4O/c1-14(2)17-6-10-19(11-7-17)26-21(28)20-12-15(3)25-22(27-20)24-13-16-4-8-18(23)9-5-16/h4-12,14H,13H2,1-3H3,(H,26,28)(H,24,25,27). The van der Waals surface area contributed by atoms with E-state index in [0.717, 1.165) is 11.3 Å². The van der Waals surface area contributed by atoms with E-state index in [0.29, 0.717) is 34.8 Å². The number of carbonyl (C=O) groups is 1. The van der Waals surface area contributed by atoms with Crippen LogP contribution in [0.25, 0.3) is 0 Å². The van der Waals surface area contributed by atoms with Gasteiger partial charge in [0.2, 0.25) is 5.95 Å². The van der Waals surface area contributed by atoms with Crippen LogP contribution < -0.4 is 10.6 Å². The molecule has 0 spiro atoms. The van der Waals surface area contributed by atoms with Crippen LogP contribution >= 0.6 is 11.6 Å². The number of anilines is 2. The molecule has 0 unspecified atom stereocenters. The van der Waals surface area contributed by atoms with Gasteiger partial charge in [0.1, 0.15) is 5.69 Å². The van der Waals surface area contributed by atoms with E-state index in [1.807, 2.05) is 55.5 Å². The van der Waals surface area contributed by atoms with Crippen LogP contribution in [0.1, 0.15) is 47.1 Å². The highest BCUT2D eigenvalue weighted by molar-refractivity contribution is 6.30. The number of rotatable bonds is 6. The zero-order valence-electron chi connectivity index (χ0n) is 16.2. The molecule has 0 aliphatic rings. The van der Waals surface area contributed by atoms with E-state index in [9.17, 15) is 4.79 Å². The molecule has 0 radical (unpaired) electrons. The zero-order chi connectivity index (χ0) is 20.1. The van der Waals surface area contributed by atoms with E-state index in [-0.39, 0.29) is 5.91 Å². The molecule has 2 aromatic carbocycles. The SMILES string of the molecule is Cc1cc(C(=O)Nc2ccc(C(C)C)cc2)nc(NCc2ccc(Cl)cc2)n1. The summed E-state index contributed by atoms with van der Waals surface area (Å²) in [6.45, 7) is 6.65. The molecule has 2 N–H and O–H groups in total. The second kappa shape index (κ2) is 8.85. The summed E-state index contributed by atoms with van der Waals surface area (Å²) in [5, 5.41) is 6.73. The van der Waals surface area contributed by atoms with Crippen LogP contribution in [0, 0.1) is 6.92 Å². The van der Waals surface area contributed by atoms with E-state index in [1.165, 1.54) is 5.56 Å². The Morgan fingerprint density at radius 1 is 1.04 bits per heavy atom. The smallest absolute Gasteiger partial charge is 0.274 e. The van der Waals surface area contributed by atoms with Crippen molar-refractivity contribution in [1.82, 2.24) is 9.97 Å². The summed E-state index contributed by atoms with van der Waals surface area (Å²) >= 11 is 5.91. The van der Waals surface area contributed by atoms with Gasteiger partial charge in [-0.1, -0.05) is 49.7 Å². The van der Waals surface area contributed by atoms with Crippen LogP contribution in [0.5, 0.6) is 0 Å². The third kappa shape index (κ3) is 5.30. The van der Waals surface area contributed by atoms with Gasteiger partial charge in [0.25, 0.3) is 5.91 Å². The minimum Gasteiger partial charge on any atom is -0.350 e. The van der Waals surface area contributed by atoms with Gasteiger partial charge in [0, 0.05) is 22.9 Å². The lowest BCUT2D eigenvalue weighted by molar-refractivity contribution is 0.102. The topological polar surface area (TPSA) is 66.9 Å². The first-order valence-electron chi connectivity index (χ1n) is 9.16. The number of carbonyl (C=O) groups excluding carboxylic acids is 1. The van der Waals surface area contributed by atoms with Gasteiger partial charge in [0.05, 0.1) is 0 Å². The van der Waals surface area contributed by atoms with E-state index < -0.39 is 0 Å². The van der Waals surface area contributed by atoms with Crippen molar-refractivity contribution in [3.05, 3.63) is 82.1 Å². The lowest BCUT2D eigenvalue weighted by Gasteiger charge is -2.10. The molecule has 0 saturated carbocycles. The predicted molar refractivity (Wildman–Crippen MR) is 114 cm³/mol. The summed E-state index contributed by atoms with van der Waals surface area (Å²) in [6, 6.07) is 17.0. The Morgan fingerprint density at radius 2 is 1.71 bits per heavy atom. The van der Waals surface area contributed by atoms with Crippen LogP contribution in [-0.2, 0) is 6.54 Å². The highest BCUT2D eigenvalue weighted by Gasteiger charge is 2.11. The van der Waals surface area contributed by atoms with E-state index in [4.69, 9.17) is 11.6 Å². The van der Waals surface area contributed by atoms with Gasteiger partial charge >= 0.3 is 0 Å². The molecule has 3 aromatic rings. The van der Waals surface area contributed by atoms with Crippen molar-refractivity contribution >= 4 is 29.1 Å². The molecule has 0 fully saturated rings. The Hall–Kier alpha value is -2.92. The predicted octanol–water partition coefficient (Wildman–Crippen LogP) is 5.43. The number of hydrogen-bond acceptors (Lipinski definition) is 4. The number of aromatic nitrogens is 2. The average molecular weight is 395 g/mol. The minimum absolute atomic E-state index is 0.266. The largest absolute Gasteiger partial charge is 0.350 e. The molecule has 6 heteroatoms. The highest BCUT2D eigenvalue weighted by atomic mass is 35.5. The number of hydrogen-bond donors (Lipinski definition) is 2. The van der Waals surface area contributed by atoms with Gasteiger partial charge in [-0.25, -0.2) is 9.97 Å². The van der Waals surface area contributed by atoms with Gasteiger partial charge < -0.3 is 10.6 Å². The highest BCUT2D eigenvalue weighted by Crippen LogP contribution is 2.18. The quantitative estimate of drug-likeness (QED) is 0.585. The number of benzene rings is 2. The average Bonchev–Trinajstić information content (AvgIpc) is 2.67. The number of halogens is 1. The Kier molecular flexibility index (Phi) is 6.26. The first-order chi connectivity index (χ1) is 13.4. The Morgan fingerprint density at radius 3 is 2.36 bits per heavy atom. The number of amides is 1. The fourth-order valence-corrected chi connectivity index (χ4v) is 2.82. The van der Waals surface area contributed by atoms with Crippen LogP contribution in [-0.4, -0.2) is 15.9 Å². The molecule has 1 amide bonds. The first kappa shape index (κ1) is 19.8. The summed E-state index contributed by atoms with van der Waals surface area (Å²) in [7, 11) is 0. The lowest BCUT2D eigenvalue weighted by atomic mass is 10.0. The maximum absolute atomic E-state index is 12.6. The third-order valence-electron chi connectivity index (χ3n) is 4.29. The third-order valence-corrected chi connectivity index (χ3v) is 4.54. The van der Waals surface area contributed by atoms with E-state index >= 15 is 0 Å². The van der Waals surface area contributed by atoms with Crippen molar-refractivity contribution < 1.29 is 4.79 Å². The van der Waals surface area contributed by atoms with Crippen LogP contribution in [0.15, 0.2) is 54.6 Å². The van der Waals surface area contributed by atoms with Crippen molar-refractivity contribution in [2.75, 3.05) is 10.6 Å². The molecule has 1 aromatic heterocycles. The maximum atomic E-state index is 12.6. The maximum Gasteiger partial charge on any atom is 0.274 e. The molecular formula is C22H23ClN4O. The molecule has 5 nitrogen and oxygen atoms in total. The van der Waals surface area contributed by atoms with Crippen molar-refractivity contribution in [2.45, 2.75) is 33.2 Å². The molecule has 0 atom stereocenters. The summed E-state index contributed by atoms with van der Waals surface area (Å²) in [5.41, 5.74) is 4.05. The van der Waals surface area contributed by atoms with Crippen molar-refractivity contribution in [3.63, 3.8) is 0 Å². The number of nitrogens with one attached hydrogen (secondary N) is 2. The summed E-state index contributed by atoms with van der Waals surface area (Å²) in [4.78, 5) is 21.3. The first-order valence-corrected chi connectivity index (χ1v) is 9.54. The van der Waals surface area contributed by atoms with Gasteiger partial charge in [-0.3, -0.25) is 4.79 Å². The molecule has 0 aliphatic heterocycles. The Balaban J connectivity index is 1.69. The van der Waals surface area contributed by atoms with E-state index in [1.54, 1.807) is 6.07 Å². The molecule has 3 rings (SSSR count). The van der Waals surface area contributed by atoms with Crippen molar-refractivity contribution in [3.8, 4) is 0 Å². The van der Waals surface area contributed by atoms with Crippen molar-refractivity contribution in [1.29, 1.82) is 0 Å². The van der Waals surface area contributed by atoms with E-state index in [2.05, 4.69) is 34.4 Å². The Bertz CT molecular complexity index is 953. The van der Waals surface area contributed by atoms with Crippen LogP contribution in [0.3, 0.4) is 0 Å². The molecule has 1 heterocycles. The van der Waals surface area contributed by atoms with Gasteiger partial charge in [0.15, 0.2) is 0 Å². The fraction of sp³-hybridized carbons (Fsp3) is 0.227. The molecule has 28 heavy (non-hydrogen) atoms.